The summed E-state index contributed by atoms with van der Waals surface area (Å²) in [5.74, 6) is 0. The fourth-order valence-corrected chi connectivity index (χ4v) is 0.749. The van der Waals surface area contributed by atoms with Crippen molar-refractivity contribution in [3.8, 4) is 0 Å². The molecule has 0 bridgehead atoms. The molecule has 0 amide bonds. The van der Waals surface area contributed by atoms with Gasteiger partial charge in [-0.2, -0.15) is 0 Å². The van der Waals surface area contributed by atoms with Gasteiger partial charge in [0.25, 0.3) is 0 Å². The van der Waals surface area contributed by atoms with E-state index in [1.165, 1.54) is 0 Å². The highest BCUT2D eigenvalue weighted by atomic mass is 16.5. The first-order valence-electron chi connectivity index (χ1n) is 3.91. The summed E-state index contributed by atoms with van der Waals surface area (Å²) < 4.78 is 4.81. The monoisotopic (exact) mass is 193 g/mol. The van der Waals surface area contributed by atoms with Gasteiger partial charge in [-0.05, 0) is 0 Å². The Morgan fingerprint density at radius 2 is 2.08 bits per heavy atom. The average molecular weight is 193 g/mol. The van der Waals surface area contributed by atoms with Gasteiger partial charge in [0.1, 0.15) is 18.3 Å². The van der Waals surface area contributed by atoms with E-state index >= 15 is 0 Å². The minimum absolute atomic E-state index is 0.110. The van der Waals surface area contributed by atoms with Crippen LogP contribution in [0.4, 0.5) is 0 Å². The third kappa shape index (κ3) is 4.30. The highest BCUT2D eigenvalue weighted by Crippen LogP contribution is 2.01. The van der Waals surface area contributed by atoms with Crippen LogP contribution in [0, 0.1) is 0 Å². The number of aliphatic hydroxyl groups is 3. The quantitative estimate of drug-likeness (QED) is 0.326. The lowest BCUT2D eigenvalue weighted by molar-refractivity contribution is -0.135. The minimum atomic E-state index is -1.42. The van der Waals surface area contributed by atoms with E-state index in [1.807, 2.05) is 0 Å². The van der Waals surface area contributed by atoms with Gasteiger partial charge in [-0.15, -0.1) is 0 Å². The zero-order valence-electron chi connectivity index (χ0n) is 7.17. The number of ether oxygens (including phenoxy) is 1. The lowest BCUT2D eigenvalue weighted by Gasteiger charge is -2.21. The predicted molar refractivity (Wildman–Crippen MR) is 44.0 cm³/mol. The molecule has 78 valence electrons. The first-order chi connectivity index (χ1) is 6.17. The summed E-state index contributed by atoms with van der Waals surface area (Å²) in [7, 11) is 0. The van der Waals surface area contributed by atoms with Crippen molar-refractivity contribution in [3.05, 3.63) is 0 Å². The molecule has 6 heteroatoms. The van der Waals surface area contributed by atoms with Gasteiger partial charge in [-0.3, -0.25) is 0 Å². The SMILES string of the molecule is NCCO[C@@H](C=O)[C@H](O)[C@H](O)CO. The van der Waals surface area contributed by atoms with Crippen molar-refractivity contribution in [1.82, 2.24) is 0 Å². The predicted octanol–water partition coefficient (Wildman–Crippen LogP) is -2.76. The van der Waals surface area contributed by atoms with Crippen LogP contribution in [0.3, 0.4) is 0 Å². The van der Waals surface area contributed by atoms with Crippen molar-refractivity contribution in [3.63, 3.8) is 0 Å². The molecule has 0 aliphatic rings. The van der Waals surface area contributed by atoms with Crippen LogP contribution in [0.25, 0.3) is 0 Å². The molecular formula is C7H15NO5. The van der Waals surface area contributed by atoms with E-state index in [4.69, 9.17) is 20.7 Å². The lowest BCUT2D eigenvalue weighted by Crippen LogP contribution is -2.42. The van der Waals surface area contributed by atoms with Gasteiger partial charge in [0, 0.05) is 6.54 Å². The highest BCUT2D eigenvalue weighted by Gasteiger charge is 2.25. The second kappa shape index (κ2) is 6.93. The van der Waals surface area contributed by atoms with Gasteiger partial charge in [-0.1, -0.05) is 0 Å². The molecule has 0 aliphatic heterocycles. The fraction of sp³-hybridized carbons (Fsp3) is 0.857. The molecule has 0 rings (SSSR count). The zero-order chi connectivity index (χ0) is 10.3. The van der Waals surface area contributed by atoms with Crippen LogP contribution in [0.15, 0.2) is 0 Å². The molecule has 0 aliphatic carbocycles. The molecule has 0 saturated carbocycles. The lowest BCUT2D eigenvalue weighted by atomic mass is 10.1. The number of hydrogen-bond acceptors (Lipinski definition) is 6. The third-order valence-electron chi connectivity index (χ3n) is 1.48. The molecule has 0 aromatic rings. The molecule has 6 nitrogen and oxygen atoms in total. The van der Waals surface area contributed by atoms with E-state index in [9.17, 15) is 9.90 Å². The van der Waals surface area contributed by atoms with Crippen molar-refractivity contribution >= 4 is 6.29 Å². The summed E-state index contributed by atoms with van der Waals surface area (Å²) in [6.45, 7) is -0.303. The fourth-order valence-electron chi connectivity index (χ4n) is 0.749. The number of hydrogen-bond donors (Lipinski definition) is 4. The molecule has 0 unspecified atom stereocenters. The molecule has 13 heavy (non-hydrogen) atoms. The van der Waals surface area contributed by atoms with Gasteiger partial charge < -0.3 is 30.6 Å². The normalized spacial score (nSPS) is 17.8. The number of aliphatic hydroxyl groups excluding tert-OH is 3. The third-order valence-corrected chi connectivity index (χ3v) is 1.48. The Morgan fingerprint density at radius 3 is 2.46 bits per heavy atom. The number of aldehydes is 1. The van der Waals surface area contributed by atoms with Crippen LogP contribution in [0.1, 0.15) is 0 Å². The van der Waals surface area contributed by atoms with Crippen LogP contribution in [-0.4, -0.2) is 59.7 Å². The van der Waals surface area contributed by atoms with Crippen LogP contribution in [0.5, 0.6) is 0 Å². The number of carbonyl (C=O) groups is 1. The maximum absolute atomic E-state index is 10.4. The van der Waals surface area contributed by atoms with Crippen LogP contribution < -0.4 is 5.73 Å². The topological polar surface area (TPSA) is 113 Å². The summed E-state index contributed by atoms with van der Waals surface area (Å²) in [4.78, 5) is 10.4. The number of rotatable bonds is 7. The Labute approximate surface area is 75.9 Å². The van der Waals surface area contributed by atoms with Gasteiger partial charge in [0.15, 0.2) is 6.29 Å². The van der Waals surface area contributed by atoms with E-state index in [0.29, 0.717) is 6.29 Å². The summed E-state index contributed by atoms with van der Waals surface area (Å²) in [5, 5.41) is 26.6. The minimum Gasteiger partial charge on any atom is -0.394 e. The van der Waals surface area contributed by atoms with E-state index < -0.39 is 24.9 Å². The molecule has 0 spiro atoms. The van der Waals surface area contributed by atoms with E-state index in [0.717, 1.165) is 0 Å². The molecule has 5 N–H and O–H groups in total. The summed E-state index contributed by atoms with van der Waals surface area (Å²) in [5.41, 5.74) is 5.11. The van der Waals surface area contributed by atoms with Gasteiger partial charge in [0.2, 0.25) is 0 Å². The largest absolute Gasteiger partial charge is 0.394 e. The molecule has 0 aromatic heterocycles. The zero-order valence-corrected chi connectivity index (χ0v) is 7.17. The summed E-state index contributed by atoms with van der Waals surface area (Å²) in [6.07, 6.45) is -3.59. The summed E-state index contributed by atoms with van der Waals surface area (Å²) >= 11 is 0. The molecule has 0 radical (unpaired) electrons. The van der Waals surface area contributed by atoms with Crippen LogP contribution in [-0.2, 0) is 9.53 Å². The first-order valence-corrected chi connectivity index (χ1v) is 3.91. The first kappa shape index (κ1) is 12.5. The van der Waals surface area contributed by atoms with Crippen LogP contribution in [0.2, 0.25) is 0 Å². The number of nitrogens with two attached hydrogens (primary N) is 1. The molecular weight excluding hydrogens is 178 g/mol. The van der Waals surface area contributed by atoms with Crippen molar-refractivity contribution in [2.75, 3.05) is 19.8 Å². The Balaban J connectivity index is 3.97. The van der Waals surface area contributed by atoms with Gasteiger partial charge in [0.05, 0.1) is 13.2 Å². The van der Waals surface area contributed by atoms with Crippen LogP contribution >= 0.6 is 0 Å². The molecule has 0 aromatic carbocycles. The smallest absolute Gasteiger partial charge is 0.151 e. The molecule has 0 fully saturated rings. The maximum atomic E-state index is 10.4. The Morgan fingerprint density at radius 1 is 1.46 bits per heavy atom. The second-order valence-corrected chi connectivity index (χ2v) is 2.50. The standard InChI is InChI=1S/C7H15NO5/c8-1-2-13-6(4-10)7(12)5(11)3-9/h4-7,9,11-12H,1-3,8H2/t5-,6+,7-/m1/s1. The van der Waals surface area contributed by atoms with Gasteiger partial charge in [-0.25, -0.2) is 0 Å². The number of carbonyl (C=O) groups excluding carboxylic acids is 1. The summed E-state index contributed by atoms with van der Waals surface area (Å²) in [6, 6.07) is 0. The van der Waals surface area contributed by atoms with Crippen molar-refractivity contribution in [2.24, 2.45) is 5.73 Å². The Hall–Kier alpha value is -0.530. The maximum Gasteiger partial charge on any atom is 0.151 e. The van der Waals surface area contributed by atoms with E-state index in [-0.39, 0.29) is 13.2 Å². The van der Waals surface area contributed by atoms with Crippen molar-refractivity contribution < 1.29 is 24.9 Å². The molecule has 3 atom stereocenters. The Bertz CT molecular complexity index is 143. The van der Waals surface area contributed by atoms with Gasteiger partial charge >= 0.3 is 0 Å². The second-order valence-electron chi connectivity index (χ2n) is 2.50. The van der Waals surface area contributed by atoms with Crippen molar-refractivity contribution in [1.29, 1.82) is 0 Å². The Kier molecular flexibility index (Phi) is 6.65. The highest BCUT2D eigenvalue weighted by molar-refractivity contribution is 5.57. The van der Waals surface area contributed by atoms with E-state index in [1.54, 1.807) is 0 Å². The average Bonchev–Trinajstić information content (AvgIpc) is 2.17. The molecule has 0 heterocycles. The molecule has 0 saturated heterocycles. The van der Waals surface area contributed by atoms with Crippen molar-refractivity contribution in [2.45, 2.75) is 18.3 Å². The van der Waals surface area contributed by atoms with E-state index in [2.05, 4.69) is 0 Å².